The van der Waals surface area contributed by atoms with E-state index in [2.05, 4.69) is 35.4 Å². The molecule has 0 aromatic carbocycles. The smallest absolute Gasteiger partial charge is 0.257 e. The number of piperidine rings is 1. The van der Waals surface area contributed by atoms with Gasteiger partial charge in [0.2, 0.25) is 0 Å². The molecule has 1 fully saturated rings. The molecule has 0 spiro atoms. The van der Waals surface area contributed by atoms with Gasteiger partial charge in [0.25, 0.3) is 5.91 Å². The molecule has 1 amide bonds. The number of aryl methyl sites for hydroxylation is 1. The maximum absolute atomic E-state index is 13.0. The van der Waals surface area contributed by atoms with Gasteiger partial charge in [0.05, 0.1) is 17.8 Å². The van der Waals surface area contributed by atoms with Crippen molar-refractivity contribution in [3.63, 3.8) is 0 Å². The summed E-state index contributed by atoms with van der Waals surface area (Å²) in [5.74, 6) is 1.58. The SMILES string of the molecule is CCn1ccnc1C1CCCCN1C(=O)c1cnn(CC(C)C)c1. The van der Waals surface area contributed by atoms with Crippen LogP contribution in [0.3, 0.4) is 0 Å². The number of amides is 1. The Balaban J connectivity index is 1.82. The van der Waals surface area contributed by atoms with Crippen molar-refractivity contribution in [2.75, 3.05) is 6.54 Å². The predicted octanol–water partition coefficient (Wildman–Crippen LogP) is 3.12. The lowest BCUT2D eigenvalue weighted by atomic mass is 10.0. The van der Waals surface area contributed by atoms with E-state index in [-0.39, 0.29) is 11.9 Å². The zero-order valence-electron chi connectivity index (χ0n) is 14.9. The highest BCUT2D eigenvalue weighted by atomic mass is 16.2. The van der Waals surface area contributed by atoms with Crippen LogP contribution in [0.25, 0.3) is 0 Å². The molecule has 1 atom stereocenters. The van der Waals surface area contributed by atoms with E-state index in [1.165, 1.54) is 0 Å². The Hall–Kier alpha value is -2.11. The Morgan fingerprint density at radius 3 is 2.96 bits per heavy atom. The monoisotopic (exact) mass is 329 g/mol. The maximum atomic E-state index is 13.0. The van der Waals surface area contributed by atoms with Crippen molar-refractivity contribution in [1.82, 2.24) is 24.2 Å². The predicted molar refractivity (Wildman–Crippen MR) is 92.6 cm³/mol. The molecule has 6 nitrogen and oxygen atoms in total. The first-order valence-electron chi connectivity index (χ1n) is 8.94. The lowest BCUT2D eigenvalue weighted by molar-refractivity contribution is 0.0595. The van der Waals surface area contributed by atoms with E-state index in [9.17, 15) is 4.79 Å². The number of likely N-dealkylation sites (tertiary alicyclic amines) is 1. The van der Waals surface area contributed by atoms with E-state index < -0.39 is 0 Å². The first-order valence-corrected chi connectivity index (χ1v) is 8.94. The number of carbonyl (C=O) groups is 1. The summed E-state index contributed by atoms with van der Waals surface area (Å²) in [6.45, 7) is 8.89. The molecule has 24 heavy (non-hydrogen) atoms. The Morgan fingerprint density at radius 1 is 1.38 bits per heavy atom. The average Bonchev–Trinajstić information content (AvgIpc) is 3.22. The highest BCUT2D eigenvalue weighted by Gasteiger charge is 2.31. The molecule has 0 aliphatic carbocycles. The van der Waals surface area contributed by atoms with Crippen LogP contribution >= 0.6 is 0 Å². The molecule has 1 aliphatic rings. The van der Waals surface area contributed by atoms with Crippen molar-refractivity contribution < 1.29 is 4.79 Å². The number of aromatic nitrogens is 4. The Labute approximate surface area is 143 Å². The number of hydrogen-bond donors (Lipinski definition) is 0. The number of rotatable bonds is 5. The van der Waals surface area contributed by atoms with E-state index in [1.807, 2.05) is 28.2 Å². The molecule has 2 aromatic rings. The standard InChI is InChI=1S/C18H27N5O/c1-4-21-10-8-19-17(21)16-7-5-6-9-23(16)18(24)15-11-20-22(13-15)12-14(2)3/h8,10-11,13-14,16H,4-7,9,12H2,1-3H3. The van der Waals surface area contributed by atoms with E-state index in [0.29, 0.717) is 11.5 Å². The second-order valence-electron chi connectivity index (χ2n) is 6.93. The van der Waals surface area contributed by atoms with Crippen LogP contribution in [-0.4, -0.2) is 36.7 Å². The minimum atomic E-state index is 0.0645. The van der Waals surface area contributed by atoms with Gasteiger partial charge in [-0.15, -0.1) is 0 Å². The fraction of sp³-hybridized carbons (Fsp3) is 0.611. The van der Waals surface area contributed by atoms with Crippen LogP contribution in [0.15, 0.2) is 24.8 Å². The molecule has 0 radical (unpaired) electrons. The van der Waals surface area contributed by atoms with Gasteiger partial charge in [-0.25, -0.2) is 4.98 Å². The highest BCUT2D eigenvalue weighted by Crippen LogP contribution is 2.31. The van der Waals surface area contributed by atoms with Crippen molar-refractivity contribution in [1.29, 1.82) is 0 Å². The molecule has 2 aromatic heterocycles. The van der Waals surface area contributed by atoms with Gasteiger partial charge < -0.3 is 9.47 Å². The van der Waals surface area contributed by atoms with Gasteiger partial charge in [-0.2, -0.15) is 5.10 Å². The molecule has 0 saturated carbocycles. The van der Waals surface area contributed by atoms with Crippen LogP contribution in [-0.2, 0) is 13.1 Å². The van der Waals surface area contributed by atoms with Gasteiger partial charge in [0, 0.05) is 38.2 Å². The van der Waals surface area contributed by atoms with E-state index >= 15 is 0 Å². The summed E-state index contributed by atoms with van der Waals surface area (Å²) in [4.78, 5) is 19.6. The Morgan fingerprint density at radius 2 is 2.21 bits per heavy atom. The first kappa shape index (κ1) is 16.7. The third-order valence-electron chi connectivity index (χ3n) is 4.58. The number of nitrogens with zero attached hydrogens (tertiary/aromatic N) is 5. The van der Waals surface area contributed by atoms with Gasteiger partial charge in [0.15, 0.2) is 0 Å². The van der Waals surface area contributed by atoms with Crippen molar-refractivity contribution in [2.24, 2.45) is 5.92 Å². The lowest BCUT2D eigenvalue weighted by Gasteiger charge is -2.35. The summed E-state index contributed by atoms with van der Waals surface area (Å²) in [5.41, 5.74) is 0.678. The molecule has 3 rings (SSSR count). The Kier molecular flexibility index (Phi) is 5.02. The normalized spacial score (nSPS) is 18.3. The molecule has 0 bridgehead atoms. The van der Waals surface area contributed by atoms with Crippen LogP contribution in [0, 0.1) is 5.92 Å². The molecular formula is C18H27N5O. The topological polar surface area (TPSA) is 56.0 Å². The third kappa shape index (κ3) is 3.37. The summed E-state index contributed by atoms with van der Waals surface area (Å²) in [7, 11) is 0. The van der Waals surface area contributed by atoms with Crippen molar-refractivity contribution in [2.45, 2.75) is 59.2 Å². The van der Waals surface area contributed by atoms with Crippen molar-refractivity contribution >= 4 is 5.91 Å². The van der Waals surface area contributed by atoms with Gasteiger partial charge in [-0.3, -0.25) is 9.48 Å². The van der Waals surface area contributed by atoms with E-state index in [1.54, 1.807) is 6.20 Å². The fourth-order valence-electron chi connectivity index (χ4n) is 3.44. The summed E-state index contributed by atoms with van der Waals surface area (Å²) in [6.07, 6.45) is 10.6. The molecule has 1 saturated heterocycles. The molecule has 0 N–H and O–H groups in total. The number of hydrogen-bond acceptors (Lipinski definition) is 3. The second-order valence-corrected chi connectivity index (χ2v) is 6.93. The molecule has 1 aliphatic heterocycles. The van der Waals surface area contributed by atoms with Gasteiger partial charge >= 0.3 is 0 Å². The molecule has 130 valence electrons. The zero-order valence-corrected chi connectivity index (χ0v) is 14.9. The number of imidazole rings is 1. The quantitative estimate of drug-likeness (QED) is 0.847. The average molecular weight is 329 g/mol. The molecule has 1 unspecified atom stereocenters. The van der Waals surface area contributed by atoms with E-state index in [0.717, 1.165) is 44.7 Å². The summed E-state index contributed by atoms with van der Waals surface area (Å²) < 4.78 is 4.00. The van der Waals surface area contributed by atoms with Crippen LogP contribution in [0.1, 0.15) is 62.3 Å². The van der Waals surface area contributed by atoms with E-state index in [4.69, 9.17) is 0 Å². The van der Waals surface area contributed by atoms with Gasteiger partial charge in [-0.1, -0.05) is 13.8 Å². The van der Waals surface area contributed by atoms with Crippen molar-refractivity contribution in [3.05, 3.63) is 36.2 Å². The number of carbonyl (C=O) groups excluding carboxylic acids is 1. The van der Waals surface area contributed by atoms with Crippen LogP contribution in [0.5, 0.6) is 0 Å². The Bertz CT molecular complexity index is 687. The summed E-state index contributed by atoms with van der Waals surface area (Å²) in [5, 5.41) is 4.34. The van der Waals surface area contributed by atoms with Crippen LogP contribution < -0.4 is 0 Å². The molecule has 6 heteroatoms. The zero-order chi connectivity index (χ0) is 17.1. The van der Waals surface area contributed by atoms with Gasteiger partial charge in [-0.05, 0) is 32.1 Å². The first-order chi connectivity index (χ1) is 11.6. The third-order valence-corrected chi connectivity index (χ3v) is 4.58. The fourth-order valence-corrected chi connectivity index (χ4v) is 3.44. The van der Waals surface area contributed by atoms with Gasteiger partial charge in [0.1, 0.15) is 5.82 Å². The molecule has 3 heterocycles. The summed E-state index contributed by atoms with van der Waals surface area (Å²) >= 11 is 0. The minimum absolute atomic E-state index is 0.0645. The lowest BCUT2D eigenvalue weighted by Crippen LogP contribution is -2.39. The van der Waals surface area contributed by atoms with Crippen LogP contribution in [0.2, 0.25) is 0 Å². The largest absolute Gasteiger partial charge is 0.333 e. The minimum Gasteiger partial charge on any atom is -0.333 e. The highest BCUT2D eigenvalue weighted by molar-refractivity contribution is 5.94. The molecular weight excluding hydrogens is 302 g/mol. The maximum Gasteiger partial charge on any atom is 0.257 e. The second kappa shape index (κ2) is 7.20. The van der Waals surface area contributed by atoms with Crippen LogP contribution in [0.4, 0.5) is 0 Å². The van der Waals surface area contributed by atoms with Crippen molar-refractivity contribution in [3.8, 4) is 0 Å². The summed E-state index contributed by atoms with van der Waals surface area (Å²) in [6, 6.07) is 0.0645.